The Kier molecular flexibility index (Phi) is 4.86. The molecule has 90 valence electrons. The summed E-state index contributed by atoms with van der Waals surface area (Å²) < 4.78 is 35.6. The van der Waals surface area contributed by atoms with Gasteiger partial charge in [-0.15, -0.1) is 0 Å². The van der Waals surface area contributed by atoms with E-state index in [-0.39, 0.29) is 13.0 Å². The number of hydrogen-bond acceptors (Lipinski definition) is 2. The lowest BCUT2D eigenvalue weighted by Crippen LogP contribution is -2.23. The van der Waals surface area contributed by atoms with E-state index in [1.54, 1.807) is 0 Å². The molecule has 1 atom stereocenters. The molecular formula is C10H18F3NO. The number of nitrogens with zero attached hydrogens (tertiary/aromatic N) is 1. The van der Waals surface area contributed by atoms with E-state index in [4.69, 9.17) is 5.11 Å². The summed E-state index contributed by atoms with van der Waals surface area (Å²) in [7, 11) is 0. The molecule has 0 aromatic heterocycles. The van der Waals surface area contributed by atoms with E-state index >= 15 is 0 Å². The van der Waals surface area contributed by atoms with Crippen LogP contribution in [0.3, 0.4) is 0 Å². The summed E-state index contributed by atoms with van der Waals surface area (Å²) >= 11 is 0. The molecule has 15 heavy (non-hydrogen) atoms. The van der Waals surface area contributed by atoms with Crippen molar-refractivity contribution in [3.8, 4) is 0 Å². The molecule has 1 unspecified atom stereocenters. The van der Waals surface area contributed by atoms with Gasteiger partial charge in [-0.3, -0.25) is 0 Å². The van der Waals surface area contributed by atoms with Gasteiger partial charge in [0.1, 0.15) is 0 Å². The average Bonchev–Trinajstić information content (AvgIpc) is 2.51. The van der Waals surface area contributed by atoms with Crippen molar-refractivity contribution < 1.29 is 18.3 Å². The highest BCUT2D eigenvalue weighted by Gasteiger charge is 2.27. The lowest BCUT2D eigenvalue weighted by atomic mass is 10.1. The van der Waals surface area contributed by atoms with Crippen molar-refractivity contribution in [1.82, 2.24) is 4.90 Å². The number of rotatable bonds is 5. The Morgan fingerprint density at radius 3 is 2.67 bits per heavy atom. The molecule has 5 heteroatoms. The second kappa shape index (κ2) is 5.70. The molecule has 2 nitrogen and oxygen atoms in total. The minimum absolute atomic E-state index is 0.182. The van der Waals surface area contributed by atoms with Crippen molar-refractivity contribution in [3.63, 3.8) is 0 Å². The first-order valence-electron chi connectivity index (χ1n) is 5.41. The fourth-order valence-electron chi connectivity index (χ4n) is 2.04. The van der Waals surface area contributed by atoms with Crippen molar-refractivity contribution in [3.05, 3.63) is 0 Å². The van der Waals surface area contributed by atoms with Crippen LogP contribution < -0.4 is 0 Å². The summed E-state index contributed by atoms with van der Waals surface area (Å²) in [6, 6.07) is 0. The highest BCUT2D eigenvalue weighted by atomic mass is 19.4. The van der Waals surface area contributed by atoms with E-state index in [1.807, 2.05) is 0 Å². The zero-order valence-corrected chi connectivity index (χ0v) is 8.76. The first-order valence-corrected chi connectivity index (χ1v) is 5.41. The van der Waals surface area contributed by atoms with Crippen LogP contribution >= 0.6 is 0 Å². The quantitative estimate of drug-likeness (QED) is 0.774. The van der Waals surface area contributed by atoms with Crippen molar-refractivity contribution in [2.75, 3.05) is 26.2 Å². The van der Waals surface area contributed by atoms with E-state index in [1.165, 1.54) is 0 Å². The molecule has 1 rings (SSSR count). The number of hydrogen-bond donors (Lipinski definition) is 1. The van der Waals surface area contributed by atoms with Crippen LogP contribution in [0, 0.1) is 5.92 Å². The molecule has 1 heterocycles. The molecule has 1 N–H and O–H groups in total. The zero-order valence-electron chi connectivity index (χ0n) is 8.76. The number of halogens is 3. The summed E-state index contributed by atoms with van der Waals surface area (Å²) in [6.45, 7) is 2.43. The van der Waals surface area contributed by atoms with Crippen LogP contribution in [0.25, 0.3) is 0 Å². The van der Waals surface area contributed by atoms with Gasteiger partial charge in [0.25, 0.3) is 0 Å². The van der Waals surface area contributed by atoms with Crippen molar-refractivity contribution in [2.24, 2.45) is 5.92 Å². The maximum absolute atomic E-state index is 11.9. The van der Waals surface area contributed by atoms with Crippen LogP contribution in [-0.4, -0.2) is 42.4 Å². The van der Waals surface area contributed by atoms with Crippen molar-refractivity contribution in [1.29, 1.82) is 0 Å². The molecule has 0 saturated carbocycles. The van der Waals surface area contributed by atoms with Crippen LogP contribution in [0.4, 0.5) is 13.2 Å². The predicted molar refractivity (Wildman–Crippen MR) is 51.5 cm³/mol. The van der Waals surface area contributed by atoms with Crippen LogP contribution in [0.5, 0.6) is 0 Å². The lowest BCUT2D eigenvalue weighted by Gasteiger charge is -2.16. The van der Waals surface area contributed by atoms with Gasteiger partial charge in [-0.25, -0.2) is 0 Å². The maximum Gasteiger partial charge on any atom is 0.389 e. The van der Waals surface area contributed by atoms with Crippen LogP contribution in [0.2, 0.25) is 0 Å². The van der Waals surface area contributed by atoms with Crippen LogP contribution in [0.1, 0.15) is 25.7 Å². The summed E-state index contributed by atoms with van der Waals surface area (Å²) in [6.07, 6.45) is -2.74. The van der Waals surface area contributed by atoms with Gasteiger partial charge in [0.15, 0.2) is 0 Å². The lowest BCUT2D eigenvalue weighted by molar-refractivity contribution is -0.136. The average molecular weight is 225 g/mol. The number of aliphatic hydroxyl groups is 1. The van der Waals surface area contributed by atoms with Gasteiger partial charge in [0, 0.05) is 19.6 Å². The highest BCUT2D eigenvalue weighted by molar-refractivity contribution is 4.75. The molecule has 1 fully saturated rings. The Labute approximate surface area is 88.1 Å². The third kappa shape index (κ3) is 5.37. The van der Waals surface area contributed by atoms with E-state index < -0.39 is 12.6 Å². The normalized spacial score (nSPS) is 23.6. The second-order valence-electron chi connectivity index (χ2n) is 4.19. The van der Waals surface area contributed by atoms with Gasteiger partial charge in [0.2, 0.25) is 0 Å². The topological polar surface area (TPSA) is 23.5 Å². The first kappa shape index (κ1) is 12.8. The number of alkyl halides is 3. The predicted octanol–water partition coefficient (Wildman–Crippen LogP) is 2.03. The SMILES string of the molecule is OCCC1CCN(CCCC(F)(F)F)C1. The molecule has 1 saturated heterocycles. The second-order valence-corrected chi connectivity index (χ2v) is 4.19. The van der Waals surface area contributed by atoms with Gasteiger partial charge in [-0.05, 0) is 38.3 Å². The summed E-state index contributed by atoms with van der Waals surface area (Å²) in [5.74, 6) is 0.473. The molecule has 0 radical (unpaired) electrons. The first-order chi connectivity index (χ1) is 7.01. The van der Waals surface area contributed by atoms with Gasteiger partial charge in [-0.1, -0.05) is 0 Å². The Hall–Kier alpha value is -0.290. The fourth-order valence-corrected chi connectivity index (χ4v) is 2.04. The standard InChI is InChI=1S/C10H18F3NO/c11-10(12,13)4-1-5-14-6-2-9(8-14)3-7-15/h9,15H,1-8H2. The molecule has 0 aromatic carbocycles. The fraction of sp³-hybridized carbons (Fsp3) is 1.00. The Morgan fingerprint density at radius 1 is 1.33 bits per heavy atom. The molecular weight excluding hydrogens is 207 g/mol. The van der Waals surface area contributed by atoms with Gasteiger partial charge >= 0.3 is 6.18 Å². The summed E-state index contributed by atoms with van der Waals surface area (Å²) in [5.41, 5.74) is 0. The van der Waals surface area contributed by atoms with E-state index in [9.17, 15) is 13.2 Å². The zero-order chi connectivity index (χ0) is 11.3. The Morgan fingerprint density at radius 2 is 2.07 bits per heavy atom. The van der Waals surface area contributed by atoms with E-state index in [0.717, 1.165) is 25.9 Å². The molecule has 1 aliphatic heterocycles. The Balaban J connectivity index is 2.09. The number of likely N-dealkylation sites (tertiary alicyclic amines) is 1. The maximum atomic E-state index is 11.9. The molecule has 1 aliphatic rings. The molecule has 0 aliphatic carbocycles. The largest absolute Gasteiger partial charge is 0.396 e. The molecule has 0 bridgehead atoms. The minimum Gasteiger partial charge on any atom is -0.396 e. The van der Waals surface area contributed by atoms with E-state index in [0.29, 0.717) is 12.5 Å². The van der Waals surface area contributed by atoms with Crippen molar-refractivity contribution in [2.45, 2.75) is 31.9 Å². The monoisotopic (exact) mass is 225 g/mol. The van der Waals surface area contributed by atoms with Gasteiger partial charge in [-0.2, -0.15) is 13.2 Å². The third-order valence-electron chi connectivity index (χ3n) is 2.84. The molecule has 0 amide bonds. The van der Waals surface area contributed by atoms with E-state index in [2.05, 4.69) is 4.90 Å². The Bertz CT molecular complexity index is 184. The van der Waals surface area contributed by atoms with Crippen molar-refractivity contribution >= 4 is 0 Å². The highest BCUT2D eigenvalue weighted by Crippen LogP contribution is 2.23. The number of aliphatic hydroxyl groups excluding tert-OH is 1. The van der Waals surface area contributed by atoms with Crippen LogP contribution in [-0.2, 0) is 0 Å². The van der Waals surface area contributed by atoms with Crippen LogP contribution in [0.15, 0.2) is 0 Å². The molecule has 0 spiro atoms. The van der Waals surface area contributed by atoms with Gasteiger partial charge < -0.3 is 10.0 Å². The molecule has 0 aromatic rings. The summed E-state index contributed by atoms with van der Waals surface area (Å²) in [4.78, 5) is 2.06. The third-order valence-corrected chi connectivity index (χ3v) is 2.84. The smallest absolute Gasteiger partial charge is 0.389 e. The summed E-state index contributed by atoms with van der Waals surface area (Å²) in [5, 5.41) is 8.73. The minimum atomic E-state index is -4.02. The van der Waals surface area contributed by atoms with Gasteiger partial charge in [0.05, 0.1) is 0 Å².